The summed E-state index contributed by atoms with van der Waals surface area (Å²) in [6, 6.07) is 13.6. The minimum absolute atomic E-state index is 0.0157. The van der Waals surface area contributed by atoms with Gasteiger partial charge in [0, 0.05) is 24.2 Å². The van der Waals surface area contributed by atoms with Gasteiger partial charge < -0.3 is 9.88 Å². The molecule has 5 nitrogen and oxygen atoms in total. The van der Waals surface area contributed by atoms with Crippen molar-refractivity contribution >= 4 is 22.5 Å². The molecule has 0 aliphatic rings. The lowest BCUT2D eigenvalue weighted by Gasteiger charge is -2.08. The van der Waals surface area contributed by atoms with E-state index < -0.39 is 11.7 Å². The van der Waals surface area contributed by atoms with Crippen LogP contribution < -0.4 is 5.32 Å². The highest BCUT2D eigenvalue weighted by molar-refractivity contribution is 6.04. The fourth-order valence-electron chi connectivity index (χ4n) is 2.83. The number of amides is 1. The van der Waals surface area contributed by atoms with E-state index in [-0.39, 0.29) is 5.56 Å². The Morgan fingerprint density at radius 2 is 1.92 bits per heavy atom. The summed E-state index contributed by atoms with van der Waals surface area (Å²) in [5.41, 5.74) is 1.98. The van der Waals surface area contributed by atoms with Crippen LogP contribution >= 0.6 is 0 Å². The molecule has 0 unspecified atom stereocenters. The van der Waals surface area contributed by atoms with Gasteiger partial charge in [-0.2, -0.15) is 0 Å². The van der Waals surface area contributed by atoms with Gasteiger partial charge in [0.1, 0.15) is 11.6 Å². The van der Waals surface area contributed by atoms with Crippen LogP contribution in [-0.2, 0) is 7.05 Å². The molecule has 2 aromatic heterocycles. The van der Waals surface area contributed by atoms with Crippen LogP contribution in [0.3, 0.4) is 0 Å². The van der Waals surface area contributed by atoms with E-state index >= 15 is 0 Å². The molecule has 0 aliphatic carbocycles. The summed E-state index contributed by atoms with van der Waals surface area (Å²) in [4.78, 5) is 20.6. The second-order valence-electron chi connectivity index (χ2n) is 5.96. The number of aryl methyl sites for hydroxylation is 1. The van der Waals surface area contributed by atoms with Crippen molar-refractivity contribution in [2.24, 2.45) is 7.05 Å². The Morgan fingerprint density at radius 3 is 2.69 bits per heavy atom. The fraction of sp³-hybridized carbons (Fsp3) is 0.0500. The Balaban J connectivity index is 1.67. The number of fused-ring (bicyclic) bond motifs is 1. The Labute approximate surface area is 149 Å². The molecule has 0 atom stereocenters. The van der Waals surface area contributed by atoms with Crippen molar-refractivity contribution < 1.29 is 9.18 Å². The van der Waals surface area contributed by atoms with Crippen LogP contribution in [0.1, 0.15) is 10.4 Å². The van der Waals surface area contributed by atoms with Gasteiger partial charge in [-0.15, -0.1) is 0 Å². The van der Waals surface area contributed by atoms with Gasteiger partial charge in [-0.05, 0) is 29.7 Å². The highest BCUT2D eigenvalue weighted by atomic mass is 19.1. The molecule has 4 rings (SSSR count). The molecule has 2 heterocycles. The van der Waals surface area contributed by atoms with E-state index in [2.05, 4.69) is 15.3 Å². The fourth-order valence-corrected chi connectivity index (χ4v) is 2.83. The molecule has 4 aromatic rings. The molecule has 0 aliphatic heterocycles. The van der Waals surface area contributed by atoms with Crippen molar-refractivity contribution in [2.75, 3.05) is 5.32 Å². The highest BCUT2D eigenvalue weighted by Gasteiger charge is 2.12. The number of nitrogens with zero attached hydrogens (tertiary/aromatic N) is 3. The molecule has 6 heteroatoms. The van der Waals surface area contributed by atoms with Crippen molar-refractivity contribution in [3.05, 3.63) is 78.6 Å². The van der Waals surface area contributed by atoms with Crippen molar-refractivity contribution in [2.45, 2.75) is 0 Å². The molecule has 2 aromatic carbocycles. The third-order valence-electron chi connectivity index (χ3n) is 4.19. The first kappa shape index (κ1) is 16.0. The number of hydrogen-bond donors (Lipinski definition) is 1. The molecule has 1 N–H and O–H groups in total. The van der Waals surface area contributed by atoms with E-state index in [1.807, 2.05) is 29.8 Å². The number of nitrogens with one attached hydrogen (secondary N) is 1. The minimum Gasteiger partial charge on any atom is -0.334 e. The first-order valence-corrected chi connectivity index (χ1v) is 8.04. The van der Waals surface area contributed by atoms with Gasteiger partial charge in [0.25, 0.3) is 5.91 Å². The molecular weight excluding hydrogens is 331 g/mol. The monoisotopic (exact) mass is 346 g/mol. The number of hydrogen-bond acceptors (Lipinski definition) is 3. The number of anilines is 1. The molecule has 0 saturated carbocycles. The zero-order valence-corrected chi connectivity index (χ0v) is 14.0. The van der Waals surface area contributed by atoms with Crippen LogP contribution in [0.25, 0.3) is 22.0 Å². The summed E-state index contributed by atoms with van der Waals surface area (Å²) in [7, 11) is 1.93. The SMILES string of the molecule is Cn1cncc1-c1ccc2cnc(NC(=O)c3ccccc3F)cc2c1. The first-order valence-electron chi connectivity index (χ1n) is 8.04. The quantitative estimate of drug-likeness (QED) is 0.609. The molecule has 1 amide bonds. The van der Waals surface area contributed by atoms with E-state index in [1.165, 1.54) is 12.1 Å². The minimum atomic E-state index is -0.565. The van der Waals surface area contributed by atoms with Gasteiger partial charge in [-0.3, -0.25) is 4.79 Å². The number of carbonyl (C=O) groups excluding carboxylic acids is 1. The molecular formula is C20H15FN4O. The van der Waals surface area contributed by atoms with Crippen LogP contribution in [0.15, 0.2) is 67.3 Å². The summed E-state index contributed by atoms with van der Waals surface area (Å²) < 4.78 is 15.7. The van der Waals surface area contributed by atoms with E-state index in [0.29, 0.717) is 5.82 Å². The van der Waals surface area contributed by atoms with E-state index in [1.54, 1.807) is 36.9 Å². The Hall–Kier alpha value is -3.54. The summed E-state index contributed by atoms with van der Waals surface area (Å²) in [5.74, 6) is -0.727. The Kier molecular flexibility index (Phi) is 3.93. The average molecular weight is 346 g/mol. The largest absolute Gasteiger partial charge is 0.334 e. The highest BCUT2D eigenvalue weighted by Crippen LogP contribution is 2.25. The van der Waals surface area contributed by atoms with Crippen molar-refractivity contribution in [1.82, 2.24) is 14.5 Å². The van der Waals surface area contributed by atoms with Gasteiger partial charge in [0.2, 0.25) is 0 Å². The second-order valence-corrected chi connectivity index (χ2v) is 5.96. The zero-order valence-electron chi connectivity index (χ0n) is 14.0. The van der Waals surface area contributed by atoms with E-state index in [0.717, 1.165) is 22.0 Å². The smallest absolute Gasteiger partial charge is 0.259 e. The lowest BCUT2D eigenvalue weighted by atomic mass is 10.1. The van der Waals surface area contributed by atoms with Crippen molar-refractivity contribution in [1.29, 1.82) is 0 Å². The van der Waals surface area contributed by atoms with Gasteiger partial charge >= 0.3 is 0 Å². The summed E-state index contributed by atoms with van der Waals surface area (Å²) in [6.07, 6.45) is 5.22. The number of imidazole rings is 1. The number of rotatable bonds is 3. The van der Waals surface area contributed by atoms with Gasteiger partial charge in [0.15, 0.2) is 0 Å². The average Bonchev–Trinajstić information content (AvgIpc) is 3.07. The Morgan fingerprint density at radius 1 is 1.08 bits per heavy atom. The van der Waals surface area contributed by atoms with Crippen molar-refractivity contribution in [3.8, 4) is 11.3 Å². The third kappa shape index (κ3) is 2.93. The summed E-state index contributed by atoms with van der Waals surface area (Å²) in [5, 5.41) is 4.51. The molecule has 0 bridgehead atoms. The van der Waals surface area contributed by atoms with E-state index in [9.17, 15) is 9.18 Å². The predicted molar refractivity (Wildman–Crippen MR) is 98.3 cm³/mol. The van der Waals surface area contributed by atoms with Crippen LogP contribution in [0.4, 0.5) is 10.2 Å². The maximum absolute atomic E-state index is 13.8. The lowest BCUT2D eigenvalue weighted by molar-refractivity contribution is 0.102. The predicted octanol–water partition coefficient (Wildman–Crippen LogP) is 4.03. The molecule has 0 saturated heterocycles. The van der Waals surface area contributed by atoms with Gasteiger partial charge in [-0.25, -0.2) is 14.4 Å². The standard InChI is InChI=1S/C20H15FN4O/c1-25-12-22-11-18(25)13-6-7-14-10-23-19(9-15(14)8-13)24-20(26)16-4-2-3-5-17(16)21/h2-12H,1H3,(H,23,24,26). The van der Waals surface area contributed by atoms with Crippen LogP contribution in [0.5, 0.6) is 0 Å². The topological polar surface area (TPSA) is 59.8 Å². The maximum atomic E-state index is 13.8. The molecule has 26 heavy (non-hydrogen) atoms. The number of carbonyl (C=O) groups is 1. The van der Waals surface area contributed by atoms with Gasteiger partial charge in [0.05, 0.1) is 23.8 Å². The van der Waals surface area contributed by atoms with Crippen LogP contribution in [0.2, 0.25) is 0 Å². The number of aromatic nitrogens is 3. The molecule has 0 fully saturated rings. The normalized spacial score (nSPS) is 10.8. The number of pyridine rings is 1. The second kappa shape index (κ2) is 6.40. The van der Waals surface area contributed by atoms with Crippen LogP contribution in [0, 0.1) is 5.82 Å². The van der Waals surface area contributed by atoms with Crippen LogP contribution in [-0.4, -0.2) is 20.4 Å². The van der Waals surface area contributed by atoms with Crippen molar-refractivity contribution in [3.63, 3.8) is 0 Å². The zero-order chi connectivity index (χ0) is 18.1. The Bertz CT molecular complexity index is 1120. The maximum Gasteiger partial charge on any atom is 0.259 e. The summed E-state index contributed by atoms with van der Waals surface area (Å²) in [6.45, 7) is 0. The number of halogens is 1. The lowest BCUT2D eigenvalue weighted by Crippen LogP contribution is -2.14. The van der Waals surface area contributed by atoms with E-state index in [4.69, 9.17) is 0 Å². The molecule has 128 valence electrons. The third-order valence-corrected chi connectivity index (χ3v) is 4.19. The summed E-state index contributed by atoms with van der Waals surface area (Å²) >= 11 is 0. The molecule has 0 spiro atoms. The molecule has 0 radical (unpaired) electrons. The number of benzene rings is 2. The first-order chi connectivity index (χ1) is 12.6. The van der Waals surface area contributed by atoms with Gasteiger partial charge in [-0.1, -0.05) is 24.3 Å².